The van der Waals surface area contributed by atoms with Gasteiger partial charge in [-0.15, -0.1) is 11.3 Å². The Labute approximate surface area is 159 Å². The van der Waals surface area contributed by atoms with E-state index in [1.54, 1.807) is 28.6 Å². The van der Waals surface area contributed by atoms with E-state index in [1.165, 1.54) is 11.3 Å². The molecule has 0 bridgehead atoms. The second kappa shape index (κ2) is 8.03. The van der Waals surface area contributed by atoms with E-state index in [0.29, 0.717) is 22.0 Å². The number of thiophene rings is 1. The number of hydrogen-bond acceptors (Lipinski definition) is 5. The van der Waals surface area contributed by atoms with Gasteiger partial charge in [-0.3, -0.25) is 4.79 Å². The van der Waals surface area contributed by atoms with E-state index < -0.39 is 10.0 Å². The summed E-state index contributed by atoms with van der Waals surface area (Å²) < 4.78 is 33.1. The van der Waals surface area contributed by atoms with Crippen molar-refractivity contribution >= 4 is 43.2 Å². The number of halogens is 1. The first-order valence-corrected chi connectivity index (χ1v) is 11.1. The molecule has 1 amide bonds. The Hall–Kier alpha value is -1.16. The van der Waals surface area contributed by atoms with Gasteiger partial charge in [0.2, 0.25) is 0 Å². The normalized spacial score (nSPS) is 16.5. The second-order valence-corrected chi connectivity index (χ2v) is 9.94. The number of amides is 1. The van der Waals surface area contributed by atoms with Crippen molar-refractivity contribution in [2.24, 2.45) is 0 Å². The zero-order chi connectivity index (χ0) is 17.9. The summed E-state index contributed by atoms with van der Waals surface area (Å²) in [5.74, 6) is -0.128. The minimum absolute atomic E-state index is 0.209. The predicted molar refractivity (Wildman–Crippen MR) is 99.1 cm³/mol. The summed E-state index contributed by atoms with van der Waals surface area (Å²) in [6.45, 7) is 1.43. The molecule has 0 saturated carbocycles. The molecule has 136 valence electrons. The zero-order valence-corrected chi connectivity index (χ0v) is 16.8. The fourth-order valence-corrected chi connectivity index (χ4v) is 5.97. The van der Waals surface area contributed by atoms with E-state index in [4.69, 9.17) is 4.42 Å². The van der Waals surface area contributed by atoms with Crippen molar-refractivity contribution in [3.05, 3.63) is 39.6 Å². The lowest BCUT2D eigenvalue weighted by molar-refractivity contribution is 0.0922. The Morgan fingerprint density at radius 2 is 1.88 bits per heavy atom. The molecule has 1 aliphatic rings. The van der Waals surface area contributed by atoms with E-state index in [2.05, 4.69) is 21.2 Å². The van der Waals surface area contributed by atoms with Gasteiger partial charge >= 0.3 is 0 Å². The Kier molecular flexibility index (Phi) is 5.98. The molecule has 1 aliphatic heterocycles. The number of sulfonamides is 1. The van der Waals surface area contributed by atoms with Crippen LogP contribution in [0.4, 0.5) is 0 Å². The first-order valence-electron chi connectivity index (χ1n) is 8.09. The van der Waals surface area contributed by atoms with Gasteiger partial charge in [0.05, 0.1) is 6.54 Å². The van der Waals surface area contributed by atoms with Crippen LogP contribution in [0.3, 0.4) is 0 Å². The Morgan fingerprint density at radius 1 is 1.16 bits per heavy atom. The number of hydrogen-bond donors (Lipinski definition) is 1. The Balaban J connectivity index is 1.64. The quantitative estimate of drug-likeness (QED) is 0.760. The lowest BCUT2D eigenvalue weighted by Crippen LogP contribution is -2.31. The molecule has 0 aromatic carbocycles. The molecule has 3 rings (SSSR count). The van der Waals surface area contributed by atoms with Gasteiger partial charge in [0.1, 0.15) is 4.21 Å². The van der Waals surface area contributed by atoms with Crippen molar-refractivity contribution in [2.75, 3.05) is 13.1 Å². The topological polar surface area (TPSA) is 79.6 Å². The van der Waals surface area contributed by atoms with Crippen molar-refractivity contribution in [1.82, 2.24) is 9.62 Å². The molecule has 1 N–H and O–H groups in total. The third kappa shape index (κ3) is 4.52. The monoisotopic (exact) mass is 446 g/mol. The molecule has 0 spiro atoms. The van der Waals surface area contributed by atoms with Crippen LogP contribution in [0.2, 0.25) is 0 Å². The maximum Gasteiger partial charge on any atom is 0.287 e. The van der Waals surface area contributed by atoms with Crippen molar-refractivity contribution in [3.63, 3.8) is 0 Å². The van der Waals surface area contributed by atoms with Crippen molar-refractivity contribution < 1.29 is 17.6 Å². The highest BCUT2D eigenvalue weighted by atomic mass is 79.9. The number of furan rings is 1. The third-order valence-corrected chi connectivity index (χ3v) is 7.89. The average Bonchev–Trinajstić information content (AvgIpc) is 3.14. The SMILES string of the molecule is O=C(NCc1ccc(S(=O)(=O)N2CCCCCC2)s1)c1ccc(Br)o1. The van der Waals surface area contributed by atoms with Gasteiger partial charge in [0.25, 0.3) is 15.9 Å². The second-order valence-electron chi connectivity index (χ2n) is 5.83. The number of nitrogens with one attached hydrogen (secondary N) is 1. The molecular weight excluding hydrogens is 428 g/mol. The molecule has 9 heteroatoms. The zero-order valence-electron chi connectivity index (χ0n) is 13.5. The molecule has 0 radical (unpaired) electrons. The standard InChI is InChI=1S/C16H19BrN2O4S2/c17-14-7-6-13(23-14)16(20)18-11-12-5-8-15(24-12)25(21,22)19-9-3-1-2-4-10-19/h5-8H,1-4,9-11H2,(H,18,20). The van der Waals surface area contributed by atoms with Crippen LogP contribution >= 0.6 is 27.3 Å². The summed E-state index contributed by atoms with van der Waals surface area (Å²) in [5.41, 5.74) is 0. The minimum atomic E-state index is -3.44. The van der Waals surface area contributed by atoms with Gasteiger partial charge in [-0.25, -0.2) is 8.42 Å². The molecule has 2 aromatic rings. The van der Waals surface area contributed by atoms with Gasteiger partial charge in [-0.05, 0) is 53.0 Å². The van der Waals surface area contributed by atoms with Crippen LogP contribution in [0, 0.1) is 0 Å². The first-order chi connectivity index (χ1) is 12.0. The van der Waals surface area contributed by atoms with Gasteiger partial charge in [-0.2, -0.15) is 4.31 Å². The predicted octanol–water partition coefficient (Wildman–Crippen LogP) is 3.60. The molecule has 1 saturated heterocycles. The summed E-state index contributed by atoms with van der Waals surface area (Å²) in [6.07, 6.45) is 3.98. The number of carbonyl (C=O) groups excluding carboxylic acids is 1. The molecule has 3 heterocycles. The first kappa shape index (κ1) is 18.6. The van der Waals surface area contributed by atoms with Crippen molar-refractivity contribution in [2.45, 2.75) is 36.4 Å². The molecule has 0 aliphatic carbocycles. The molecule has 0 unspecified atom stereocenters. The Bertz CT molecular complexity index is 836. The number of carbonyl (C=O) groups is 1. The fourth-order valence-electron chi connectivity index (χ4n) is 2.69. The highest BCUT2D eigenvalue weighted by Gasteiger charge is 2.26. The van der Waals surface area contributed by atoms with Gasteiger partial charge in [0, 0.05) is 18.0 Å². The lowest BCUT2D eigenvalue weighted by Gasteiger charge is -2.18. The van der Waals surface area contributed by atoms with Crippen LogP contribution in [-0.4, -0.2) is 31.7 Å². The molecule has 25 heavy (non-hydrogen) atoms. The van der Waals surface area contributed by atoms with Crippen LogP contribution in [0.15, 0.2) is 37.6 Å². The highest BCUT2D eigenvalue weighted by Crippen LogP contribution is 2.27. The number of rotatable bonds is 5. The minimum Gasteiger partial charge on any atom is -0.444 e. The molecule has 0 atom stereocenters. The Morgan fingerprint density at radius 3 is 2.52 bits per heavy atom. The molecule has 1 fully saturated rings. The average molecular weight is 447 g/mol. The van der Waals surface area contributed by atoms with Crippen molar-refractivity contribution in [3.8, 4) is 0 Å². The van der Waals surface area contributed by atoms with E-state index in [9.17, 15) is 13.2 Å². The van der Waals surface area contributed by atoms with Crippen LogP contribution in [0.5, 0.6) is 0 Å². The summed E-state index contributed by atoms with van der Waals surface area (Å²) in [4.78, 5) is 12.8. The fraction of sp³-hybridized carbons (Fsp3) is 0.438. The summed E-state index contributed by atoms with van der Waals surface area (Å²) >= 11 is 4.35. The van der Waals surface area contributed by atoms with E-state index >= 15 is 0 Å². The van der Waals surface area contributed by atoms with E-state index in [0.717, 1.165) is 30.6 Å². The van der Waals surface area contributed by atoms with Crippen LogP contribution < -0.4 is 5.32 Å². The molecule has 2 aromatic heterocycles. The summed E-state index contributed by atoms with van der Waals surface area (Å²) in [5, 5.41) is 2.73. The van der Waals surface area contributed by atoms with Gasteiger partial charge in [0.15, 0.2) is 10.4 Å². The van der Waals surface area contributed by atoms with Crippen LogP contribution in [0.25, 0.3) is 0 Å². The summed E-state index contributed by atoms with van der Waals surface area (Å²) in [6, 6.07) is 6.58. The van der Waals surface area contributed by atoms with E-state index in [-0.39, 0.29) is 18.2 Å². The van der Waals surface area contributed by atoms with Crippen LogP contribution in [-0.2, 0) is 16.6 Å². The largest absolute Gasteiger partial charge is 0.444 e. The summed E-state index contributed by atoms with van der Waals surface area (Å²) in [7, 11) is -3.44. The smallest absolute Gasteiger partial charge is 0.287 e. The van der Waals surface area contributed by atoms with Crippen molar-refractivity contribution in [1.29, 1.82) is 0 Å². The van der Waals surface area contributed by atoms with Gasteiger partial charge < -0.3 is 9.73 Å². The number of nitrogens with zero attached hydrogens (tertiary/aromatic N) is 1. The maximum absolute atomic E-state index is 12.7. The lowest BCUT2D eigenvalue weighted by atomic mass is 10.2. The maximum atomic E-state index is 12.7. The highest BCUT2D eigenvalue weighted by molar-refractivity contribution is 9.10. The molecular formula is C16H19BrN2O4S2. The van der Waals surface area contributed by atoms with E-state index in [1.807, 2.05) is 0 Å². The van der Waals surface area contributed by atoms with Gasteiger partial charge in [-0.1, -0.05) is 12.8 Å². The third-order valence-electron chi connectivity index (χ3n) is 4.02. The van der Waals surface area contributed by atoms with Crippen LogP contribution in [0.1, 0.15) is 41.1 Å². The molecule has 6 nitrogen and oxygen atoms in total.